The molecule has 0 radical (unpaired) electrons. The molecule has 0 saturated carbocycles. The Morgan fingerprint density at radius 1 is 1.26 bits per heavy atom. The van der Waals surface area contributed by atoms with E-state index in [1.54, 1.807) is 6.92 Å². The molecule has 0 unspecified atom stereocenters. The first kappa shape index (κ1) is 18.5. The summed E-state index contributed by atoms with van der Waals surface area (Å²) >= 11 is 6.18. The normalized spacial score (nSPS) is 11.8. The summed E-state index contributed by atoms with van der Waals surface area (Å²) < 4.78 is 5.22. The van der Waals surface area contributed by atoms with E-state index in [0.29, 0.717) is 22.8 Å². The van der Waals surface area contributed by atoms with E-state index in [1.807, 2.05) is 0 Å². The van der Waals surface area contributed by atoms with Gasteiger partial charge in [-0.1, -0.05) is 11.6 Å². The Morgan fingerprint density at radius 3 is 2.67 bits per heavy atom. The molecule has 3 rings (SSSR count). The van der Waals surface area contributed by atoms with Crippen LogP contribution >= 0.6 is 11.6 Å². The quantitative estimate of drug-likeness (QED) is 0.612. The molecule has 0 aliphatic carbocycles. The van der Waals surface area contributed by atoms with Gasteiger partial charge in [-0.25, -0.2) is 9.78 Å². The highest BCUT2D eigenvalue weighted by atomic mass is 35.5. The second-order valence-corrected chi connectivity index (χ2v) is 5.83. The molecule has 0 bridgehead atoms. The van der Waals surface area contributed by atoms with E-state index in [9.17, 15) is 9.90 Å². The van der Waals surface area contributed by atoms with Crippen molar-refractivity contribution in [3.05, 3.63) is 47.6 Å². The van der Waals surface area contributed by atoms with Crippen molar-refractivity contribution in [1.82, 2.24) is 25.0 Å². The maximum absolute atomic E-state index is 12.3. The minimum absolute atomic E-state index is 0.0806. The van der Waals surface area contributed by atoms with Crippen LogP contribution in [0.3, 0.4) is 0 Å². The van der Waals surface area contributed by atoms with Crippen LogP contribution in [0.1, 0.15) is 18.6 Å². The molecule has 0 fully saturated rings. The number of aromatic nitrogens is 5. The lowest BCUT2D eigenvalue weighted by Gasteiger charge is -2.17. The Labute approximate surface area is 159 Å². The first-order valence-corrected chi connectivity index (χ1v) is 8.17. The Hall–Kier alpha value is -3.24. The second-order valence-electron chi connectivity index (χ2n) is 5.42. The fraction of sp³-hybridized carbons (Fsp3) is 0.188. The number of nitrogens with one attached hydrogen (secondary N) is 2. The van der Waals surface area contributed by atoms with Crippen molar-refractivity contribution in [2.75, 3.05) is 17.7 Å². The van der Waals surface area contributed by atoms with E-state index in [2.05, 4.69) is 30.8 Å². The molecule has 1 atom stereocenters. The van der Waals surface area contributed by atoms with Crippen LogP contribution in [0.4, 0.5) is 16.2 Å². The van der Waals surface area contributed by atoms with Gasteiger partial charge < -0.3 is 20.5 Å². The number of ether oxygens (including phenoxy) is 1. The van der Waals surface area contributed by atoms with Crippen LogP contribution in [-0.4, -0.2) is 43.2 Å². The van der Waals surface area contributed by atoms with Gasteiger partial charge in [-0.15, -0.1) is 4.80 Å². The summed E-state index contributed by atoms with van der Waals surface area (Å²) in [6.07, 6.45) is 6.67. The summed E-state index contributed by atoms with van der Waals surface area (Å²) in [5.74, 6) is 0.254. The number of aromatic hydroxyl groups is 1. The van der Waals surface area contributed by atoms with Gasteiger partial charge in [0.15, 0.2) is 5.82 Å². The van der Waals surface area contributed by atoms with E-state index < -0.39 is 12.1 Å². The highest BCUT2D eigenvalue weighted by Gasteiger charge is 2.17. The third-order valence-electron chi connectivity index (χ3n) is 3.66. The first-order chi connectivity index (χ1) is 13.0. The first-order valence-electron chi connectivity index (χ1n) is 7.79. The SMILES string of the molecule is CO[C@H](C)c1c(O)cncc1NC(=O)Nc1cnc(-n2nccn2)c(Cl)c1. The monoisotopic (exact) mass is 389 g/mol. The zero-order valence-electron chi connectivity index (χ0n) is 14.4. The molecule has 27 heavy (non-hydrogen) atoms. The molecule has 140 valence electrons. The maximum Gasteiger partial charge on any atom is 0.323 e. The fourth-order valence-corrected chi connectivity index (χ4v) is 2.60. The number of nitrogens with zero attached hydrogens (tertiary/aromatic N) is 5. The molecular weight excluding hydrogens is 374 g/mol. The molecule has 3 N–H and O–H groups in total. The van der Waals surface area contributed by atoms with Crippen molar-refractivity contribution in [3.63, 3.8) is 0 Å². The number of urea groups is 1. The van der Waals surface area contributed by atoms with Crippen LogP contribution in [0.5, 0.6) is 5.75 Å². The number of carbonyl (C=O) groups is 1. The van der Waals surface area contributed by atoms with E-state index in [1.165, 1.54) is 49.0 Å². The molecule has 3 aromatic heterocycles. The molecular formula is C16H16ClN7O3. The largest absolute Gasteiger partial charge is 0.506 e. The van der Waals surface area contributed by atoms with Crippen molar-refractivity contribution in [2.45, 2.75) is 13.0 Å². The molecule has 2 amide bonds. The number of amides is 2. The van der Waals surface area contributed by atoms with Crippen molar-refractivity contribution in [3.8, 4) is 11.6 Å². The molecule has 3 heterocycles. The Bertz CT molecular complexity index is 949. The van der Waals surface area contributed by atoms with Crippen LogP contribution in [0.2, 0.25) is 5.02 Å². The van der Waals surface area contributed by atoms with Crippen molar-refractivity contribution < 1.29 is 14.6 Å². The number of rotatable bonds is 5. The minimum Gasteiger partial charge on any atom is -0.506 e. The van der Waals surface area contributed by atoms with Gasteiger partial charge in [0.2, 0.25) is 0 Å². The third-order valence-corrected chi connectivity index (χ3v) is 3.94. The molecule has 3 aromatic rings. The number of hydrogen-bond acceptors (Lipinski definition) is 7. The minimum atomic E-state index is -0.560. The van der Waals surface area contributed by atoms with Crippen LogP contribution in [0.25, 0.3) is 5.82 Å². The van der Waals surface area contributed by atoms with E-state index in [4.69, 9.17) is 16.3 Å². The lowest BCUT2D eigenvalue weighted by Crippen LogP contribution is -2.21. The lowest BCUT2D eigenvalue weighted by molar-refractivity contribution is 0.117. The summed E-state index contributed by atoms with van der Waals surface area (Å²) in [5.41, 5.74) is 1.10. The summed E-state index contributed by atoms with van der Waals surface area (Å²) in [6.45, 7) is 1.74. The predicted octanol–water partition coefficient (Wildman–Crippen LogP) is 2.77. The van der Waals surface area contributed by atoms with Gasteiger partial charge in [0.1, 0.15) is 5.75 Å². The number of hydrogen-bond donors (Lipinski definition) is 3. The predicted molar refractivity (Wildman–Crippen MR) is 98.1 cm³/mol. The van der Waals surface area contributed by atoms with E-state index in [-0.39, 0.29) is 10.8 Å². The summed E-state index contributed by atoms with van der Waals surface area (Å²) in [5, 5.41) is 23.4. The Morgan fingerprint density at radius 2 is 2.00 bits per heavy atom. The number of pyridine rings is 2. The number of carbonyl (C=O) groups excluding carboxylic acids is 1. The topological polar surface area (TPSA) is 127 Å². The van der Waals surface area contributed by atoms with Gasteiger partial charge in [-0.2, -0.15) is 10.2 Å². The molecule has 0 aliphatic rings. The zero-order chi connectivity index (χ0) is 19.4. The van der Waals surface area contributed by atoms with Crippen LogP contribution in [0.15, 0.2) is 37.1 Å². The van der Waals surface area contributed by atoms with Gasteiger partial charge in [-0.3, -0.25) is 4.98 Å². The van der Waals surface area contributed by atoms with Crippen LogP contribution in [0, 0.1) is 0 Å². The number of halogens is 1. The van der Waals surface area contributed by atoms with Crippen molar-refractivity contribution in [2.24, 2.45) is 0 Å². The van der Waals surface area contributed by atoms with Crippen molar-refractivity contribution in [1.29, 1.82) is 0 Å². The van der Waals surface area contributed by atoms with E-state index >= 15 is 0 Å². The van der Waals surface area contributed by atoms with Gasteiger partial charge in [-0.05, 0) is 13.0 Å². The average Bonchev–Trinajstić information content (AvgIpc) is 3.15. The highest BCUT2D eigenvalue weighted by Crippen LogP contribution is 2.32. The summed E-state index contributed by atoms with van der Waals surface area (Å²) in [4.78, 5) is 21.6. The van der Waals surface area contributed by atoms with Gasteiger partial charge in [0, 0.05) is 12.7 Å². The zero-order valence-corrected chi connectivity index (χ0v) is 15.2. The number of methoxy groups -OCH3 is 1. The molecule has 0 aromatic carbocycles. The standard InChI is InChI=1S/C16H16ClN7O3/c1-9(27-2)14-12(7-18-8-13(14)25)23-16(26)22-10-5-11(17)15(19-6-10)24-20-3-4-21-24/h3-9,25H,1-2H3,(H2,22,23,26)/t9-/m1/s1. The Kier molecular flexibility index (Phi) is 5.48. The Balaban J connectivity index is 1.75. The van der Waals surface area contributed by atoms with Gasteiger partial charge in [0.25, 0.3) is 0 Å². The van der Waals surface area contributed by atoms with Gasteiger partial charge in [0.05, 0.1) is 53.5 Å². The van der Waals surface area contributed by atoms with Crippen molar-refractivity contribution >= 4 is 29.0 Å². The lowest BCUT2D eigenvalue weighted by atomic mass is 10.1. The fourth-order valence-electron chi connectivity index (χ4n) is 2.36. The van der Waals surface area contributed by atoms with Crippen LogP contribution < -0.4 is 10.6 Å². The molecule has 0 saturated heterocycles. The molecule has 0 aliphatic heterocycles. The summed E-state index contributed by atoms with van der Waals surface area (Å²) in [6, 6.07) is 0.960. The second kappa shape index (κ2) is 7.98. The average molecular weight is 390 g/mol. The van der Waals surface area contributed by atoms with Gasteiger partial charge >= 0.3 is 6.03 Å². The summed E-state index contributed by atoms with van der Waals surface area (Å²) in [7, 11) is 1.50. The highest BCUT2D eigenvalue weighted by molar-refractivity contribution is 6.32. The molecule has 11 heteroatoms. The van der Waals surface area contributed by atoms with Crippen LogP contribution in [-0.2, 0) is 4.74 Å². The molecule has 10 nitrogen and oxygen atoms in total. The third kappa shape index (κ3) is 4.13. The molecule has 0 spiro atoms. The maximum atomic E-state index is 12.3. The smallest absolute Gasteiger partial charge is 0.323 e. The van der Waals surface area contributed by atoms with E-state index in [0.717, 1.165) is 0 Å². The number of anilines is 2.